The molecule has 1 heterocycles. The zero-order valence-corrected chi connectivity index (χ0v) is 12.7. The van der Waals surface area contributed by atoms with E-state index >= 15 is 0 Å². The lowest BCUT2D eigenvalue weighted by atomic mass is 9.95. The summed E-state index contributed by atoms with van der Waals surface area (Å²) in [5, 5.41) is 14.0. The number of benzene rings is 1. The van der Waals surface area contributed by atoms with Crippen molar-refractivity contribution in [3.63, 3.8) is 0 Å². The molecule has 0 aliphatic rings. The lowest BCUT2D eigenvalue weighted by Gasteiger charge is -2.18. The van der Waals surface area contributed by atoms with Crippen LogP contribution in [0.4, 0.5) is 0 Å². The molecule has 7 heteroatoms. The number of carboxylic acid groups (broad SMARTS) is 1. The van der Waals surface area contributed by atoms with E-state index in [0.717, 1.165) is 0 Å². The normalized spacial score (nSPS) is 11.7. The number of nitrogens with zero attached hydrogens (tertiary/aromatic N) is 3. The van der Waals surface area contributed by atoms with Crippen LogP contribution in [0.3, 0.4) is 0 Å². The first-order valence-corrected chi connectivity index (χ1v) is 6.62. The van der Waals surface area contributed by atoms with Crippen LogP contribution in [0.1, 0.15) is 37.2 Å². The lowest BCUT2D eigenvalue weighted by Crippen LogP contribution is -2.19. The average molecular weight is 314 g/mol. The van der Waals surface area contributed by atoms with Gasteiger partial charge < -0.3 is 5.11 Å². The number of rotatable bonds is 2. The highest BCUT2D eigenvalue weighted by Gasteiger charge is 2.26. The van der Waals surface area contributed by atoms with Crippen molar-refractivity contribution in [2.24, 2.45) is 0 Å². The van der Waals surface area contributed by atoms with Crippen molar-refractivity contribution < 1.29 is 9.90 Å². The zero-order valence-electron chi connectivity index (χ0n) is 11.2. The van der Waals surface area contributed by atoms with Crippen LogP contribution in [0.2, 0.25) is 10.0 Å². The summed E-state index contributed by atoms with van der Waals surface area (Å²) in [4.78, 5) is 15.2. The number of aromatic nitrogens is 3. The van der Waals surface area contributed by atoms with E-state index in [1.54, 1.807) is 18.2 Å². The van der Waals surface area contributed by atoms with E-state index in [2.05, 4.69) is 10.1 Å². The smallest absolute Gasteiger partial charge is 0.375 e. The molecule has 0 atom stereocenters. The van der Waals surface area contributed by atoms with Gasteiger partial charge >= 0.3 is 5.97 Å². The Bertz CT molecular complexity index is 675. The van der Waals surface area contributed by atoms with Gasteiger partial charge in [0.05, 0.1) is 10.7 Å². The molecule has 0 spiro atoms. The van der Waals surface area contributed by atoms with Gasteiger partial charge in [-0.05, 0) is 18.2 Å². The van der Waals surface area contributed by atoms with Crippen molar-refractivity contribution in [2.75, 3.05) is 0 Å². The minimum Gasteiger partial charge on any atom is -0.475 e. The molecule has 5 nitrogen and oxygen atoms in total. The standard InChI is InChI=1S/C13H13Cl2N3O2/c1-13(2,3)12-16-10(11(19)20)17-18(12)9-6-7(14)4-5-8(9)15/h4-6H,1-3H3,(H,19,20). The second kappa shape index (κ2) is 5.07. The Morgan fingerprint density at radius 1 is 1.30 bits per heavy atom. The molecule has 0 unspecified atom stereocenters. The Morgan fingerprint density at radius 2 is 1.95 bits per heavy atom. The number of halogens is 2. The molecule has 1 aromatic heterocycles. The molecular formula is C13H13Cl2N3O2. The molecule has 0 fully saturated rings. The maximum atomic E-state index is 11.1. The minimum atomic E-state index is -1.19. The maximum absolute atomic E-state index is 11.1. The first-order valence-electron chi connectivity index (χ1n) is 5.86. The average Bonchev–Trinajstić information content (AvgIpc) is 2.77. The Balaban J connectivity index is 2.72. The molecule has 0 aliphatic heterocycles. The fourth-order valence-corrected chi connectivity index (χ4v) is 2.07. The third-order valence-electron chi connectivity index (χ3n) is 2.61. The number of carbonyl (C=O) groups is 1. The highest BCUT2D eigenvalue weighted by molar-refractivity contribution is 6.34. The SMILES string of the molecule is CC(C)(C)c1nc(C(=O)O)nn1-c1cc(Cl)ccc1Cl. The molecule has 0 aliphatic carbocycles. The fraction of sp³-hybridized carbons (Fsp3) is 0.308. The van der Waals surface area contributed by atoms with Gasteiger partial charge in [0.25, 0.3) is 5.82 Å². The number of hydrogen-bond acceptors (Lipinski definition) is 3. The molecule has 106 valence electrons. The summed E-state index contributed by atoms with van der Waals surface area (Å²) in [5.41, 5.74) is 0.107. The van der Waals surface area contributed by atoms with Gasteiger partial charge in [0.1, 0.15) is 5.82 Å². The van der Waals surface area contributed by atoms with Crippen LogP contribution in [-0.2, 0) is 5.41 Å². The van der Waals surface area contributed by atoms with Crippen LogP contribution >= 0.6 is 23.2 Å². The fourth-order valence-electron chi connectivity index (χ4n) is 1.70. The van der Waals surface area contributed by atoms with E-state index < -0.39 is 11.4 Å². The summed E-state index contributed by atoms with van der Waals surface area (Å²) >= 11 is 12.1. The predicted molar refractivity (Wildman–Crippen MR) is 77.0 cm³/mol. The molecule has 2 rings (SSSR count). The third kappa shape index (κ3) is 2.78. The van der Waals surface area contributed by atoms with Gasteiger partial charge in [0.15, 0.2) is 0 Å². The van der Waals surface area contributed by atoms with Crippen LogP contribution in [0.25, 0.3) is 5.69 Å². The van der Waals surface area contributed by atoms with Gasteiger partial charge in [-0.2, -0.15) is 0 Å². The van der Waals surface area contributed by atoms with Crippen LogP contribution in [0.5, 0.6) is 0 Å². The summed E-state index contributed by atoms with van der Waals surface area (Å²) in [6.45, 7) is 5.74. The van der Waals surface area contributed by atoms with E-state index in [-0.39, 0.29) is 5.82 Å². The Labute approximate surface area is 126 Å². The van der Waals surface area contributed by atoms with Gasteiger partial charge in [-0.3, -0.25) is 0 Å². The molecule has 20 heavy (non-hydrogen) atoms. The molecular weight excluding hydrogens is 301 g/mol. The summed E-state index contributed by atoms with van der Waals surface area (Å²) in [6, 6.07) is 4.91. The highest BCUT2D eigenvalue weighted by Crippen LogP contribution is 2.29. The first kappa shape index (κ1) is 14.8. The van der Waals surface area contributed by atoms with Crippen LogP contribution < -0.4 is 0 Å². The summed E-state index contributed by atoms with van der Waals surface area (Å²) in [7, 11) is 0. The molecule has 2 aromatic rings. The second-order valence-corrected chi connectivity index (χ2v) is 6.17. The maximum Gasteiger partial charge on any atom is 0.375 e. The molecule has 1 aromatic carbocycles. The van der Waals surface area contributed by atoms with Crippen LogP contribution in [0, 0.1) is 0 Å². The van der Waals surface area contributed by atoms with Crippen LogP contribution in [0.15, 0.2) is 18.2 Å². The topological polar surface area (TPSA) is 68.0 Å². The van der Waals surface area contributed by atoms with Gasteiger partial charge in [-0.25, -0.2) is 14.5 Å². The van der Waals surface area contributed by atoms with E-state index in [0.29, 0.717) is 21.6 Å². The first-order chi connectivity index (χ1) is 9.20. The second-order valence-electron chi connectivity index (χ2n) is 5.32. The molecule has 0 bridgehead atoms. The predicted octanol–water partition coefficient (Wildman–Crippen LogP) is 3.57. The molecule has 0 amide bonds. The van der Waals surface area contributed by atoms with Crippen LogP contribution in [-0.4, -0.2) is 25.8 Å². The summed E-state index contributed by atoms with van der Waals surface area (Å²) in [5.74, 6) is -0.961. The summed E-state index contributed by atoms with van der Waals surface area (Å²) < 4.78 is 1.43. The quantitative estimate of drug-likeness (QED) is 0.920. The van der Waals surface area contributed by atoms with Gasteiger partial charge in [-0.15, -0.1) is 5.10 Å². The zero-order chi connectivity index (χ0) is 15.1. The van der Waals surface area contributed by atoms with E-state index in [1.807, 2.05) is 20.8 Å². The van der Waals surface area contributed by atoms with Crippen molar-refractivity contribution in [3.05, 3.63) is 39.9 Å². The van der Waals surface area contributed by atoms with Crippen molar-refractivity contribution in [1.82, 2.24) is 14.8 Å². The van der Waals surface area contributed by atoms with E-state index in [4.69, 9.17) is 28.3 Å². The Morgan fingerprint density at radius 3 is 2.50 bits per heavy atom. The van der Waals surface area contributed by atoms with Gasteiger partial charge in [0, 0.05) is 10.4 Å². The minimum absolute atomic E-state index is 0.272. The van der Waals surface area contributed by atoms with E-state index in [1.165, 1.54) is 4.68 Å². The highest BCUT2D eigenvalue weighted by atomic mass is 35.5. The number of carboxylic acids is 1. The third-order valence-corrected chi connectivity index (χ3v) is 3.16. The molecule has 1 N–H and O–H groups in total. The molecule has 0 radical (unpaired) electrons. The summed E-state index contributed by atoms with van der Waals surface area (Å²) in [6.07, 6.45) is 0. The van der Waals surface area contributed by atoms with Gasteiger partial charge in [0.2, 0.25) is 0 Å². The largest absolute Gasteiger partial charge is 0.475 e. The number of aromatic carboxylic acids is 1. The number of hydrogen-bond donors (Lipinski definition) is 1. The lowest BCUT2D eigenvalue weighted by molar-refractivity contribution is 0.0683. The molecule has 0 saturated heterocycles. The van der Waals surface area contributed by atoms with Gasteiger partial charge in [-0.1, -0.05) is 44.0 Å². The van der Waals surface area contributed by atoms with Crippen molar-refractivity contribution >= 4 is 29.2 Å². The monoisotopic (exact) mass is 313 g/mol. The Hall–Kier alpha value is -1.59. The Kier molecular flexibility index (Phi) is 3.75. The van der Waals surface area contributed by atoms with E-state index in [9.17, 15) is 4.79 Å². The van der Waals surface area contributed by atoms with Crippen molar-refractivity contribution in [3.8, 4) is 5.69 Å². The molecule has 0 saturated carbocycles. The van der Waals surface area contributed by atoms with Crippen molar-refractivity contribution in [2.45, 2.75) is 26.2 Å². The van der Waals surface area contributed by atoms with Crippen molar-refractivity contribution in [1.29, 1.82) is 0 Å².